The normalized spacial score (nSPS) is 18.4. The van der Waals surface area contributed by atoms with Crippen LogP contribution in [0.5, 0.6) is 0 Å². The fraction of sp³-hybridized carbons (Fsp3) is 0.692. The quantitative estimate of drug-likeness (QED) is 0.902. The van der Waals surface area contributed by atoms with E-state index in [-0.39, 0.29) is 0 Å². The molecule has 0 amide bonds. The highest BCUT2D eigenvalue weighted by Crippen LogP contribution is 2.34. The Morgan fingerprint density at radius 3 is 2.78 bits per heavy atom. The molecule has 100 valence electrons. The minimum Gasteiger partial charge on any atom is -0.365 e. The molecule has 0 spiro atoms. The van der Waals surface area contributed by atoms with Gasteiger partial charge in [-0.2, -0.15) is 0 Å². The zero-order valence-electron chi connectivity index (χ0n) is 11.1. The van der Waals surface area contributed by atoms with Gasteiger partial charge in [-0.25, -0.2) is 4.98 Å². The number of hydrogen-bond donors (Lipinski definition) is 1. The van der Waals surface area contributed by atoms with Gasteiger partial charge in [-0.3, -0.25) is 4.99 Å². The molecule has 0 aliphatic carbocycles. The van der Waals surface area contributed by atoms with Crippen molar-refractivity contribution >= 4 is 28.3 Å². The monoisotopic (exact) mass is 283 g/mol. The summed E-state index contributed by atoms with van der Waals surface area (Å²) in [5.41, 5.74) is 3.49. The van der Waals surface area contributed by atoms with Crippen molar-refractivity contribution in [3.05, 3.63) is 16.6 Å². The van der Waals surface area contributed by atoms with Crippen molar-refractivity contribution in [2.24, 2.45) is 10.4 Å². The van der Waals surface area contributed by atoms with Gasteiger partial charge in [0, 0.05) is 30.6 Å². The molecule has 5 heteroatoms. The standard InChI is InChI=1S/C13H21N3S2/c1-3-13(4-2)8-15-12(18-9-13)14-6-5-11-7-17-10-16-11/h7,10H,3-6,8-9H2,1-2H3,(H,14,15). The van der Waals surface area contributed by atoms with Crippen molar-refractivity contribution in [2.75, 3.05) is 18.8 Å². The van der Waals surface area contributed by atoms with Crippen molar-refractivity contribution < 1.29 is 0 Å². The molecule has 0 bridgehead atoms. The molecule has 1 aromatic rings. The van der Waals surface area contributed by atoms with Crippen LogP contribution in [0.4, 0.5) is 0 Å². The summed E-state index contributed by atoms with van der Waals surface area (Å²) in [6.45, 7) is 6.47. The van der Waals surface area contributed by atoms with Crippen LogP contribution in [-0.2, 0) is 6.42 Å². The van der Waals surface area contributed by atoms with Crippen LogP contribution < -0.4 is 5.32 Å². The van der Waals surface area contributed by atoms with Crippen LogP contribution in [0.3, 0.4) is 0 Å². The van der Waals surface area contributed by atoms with Crippen LogP contribution in [0.2, 0.25) is 0 Å². The topological polar surface area (TPSA) is 37.3 Å². The molecule has 2 heterocycles. The van der Waals surface area contributed by atoms with Gasteiger partial charge < -0.3 is 5.32 Å². The number of nitrogens with one attached hydrogen (secondary N) is 1. The summed E-state index contributed by atoms with van der Waals surface area (Å²) in [5, 5.41) is 6.64. The number of aliphatic imine (C=N–C) groups is 1. The van der Waals surface area contributed by atoms with E-state index in [9.17, 15) is 0 Å². The molecule has 18 heavy (non-hydrogen) atoms. The van der Waals surface area contributed by atoms with Gasteiger partial charge in [-0.05, 0) is 18.3 Å². The summed E-state index contributed by atoms with van der Waals surface area (Å²) in [7, 11) is 0. The summed E-state index contributed by atoms with van der Waals surface area (Å²) >= 11 is 3.53. The Kier molecular flexibility index (Phi) is 5.06. The van der Waals surface area contributed by atoms with Gasteiger partial charge in [0.1, 0.15) is 0 Å². The smallest absolute Gasteiger partial charge is 0.156 e. The predicted octanol–water partition coefficient (Wildman–Crippen LogP) is 3.18. The van der Waals surface area contributed by atoms with E-state index in [1.807, 2.05) is 17.3 Å². The predicted molar refractivity (Wildman–Crippen MR) is 81.6 cm³/mol. The van der Waals surface area contributed by atoms with Gasteiger partial charge in [-0.1, -0.05) is 25.6 Å². The van der Waals surface area contributed by atoms with Gasteiger partial charge in [-0.15, -0.1) is 11.3 Å². The third-order valence-electron chi connectivity index (χ3n) is 3.71. The highest BCUT2D eigenvalue weighted by atomic mass is 32.2. The van der Waals surface area contributed by atoms with Crippen LogP contribution in [0.15, 0.2) is 15.9 Å². The molecular weight excluding hydrogens is 262 g/mol. The Balaban J connectivity index is 1.76. The molecule has 0 aromatic carbocycles. The second-order valence-corrected chi connectivity index (χ2v) is 6.46. The van der Waals surface area contributed by atoms with Crippen molar-refractivity contribution in [1.82, 2.24) is 10.3 Å². The first-order valence-electron chi connectivity index (χ1n) is 6.56. The Morgan fingerprint density at radius 1 is 1.39 bits per heavy atom. The van der Waals surface area contributed by atoms with Crippen LogP contribution in [0.1, 0.15) is 32.4 Å². The molecule has 0 fully saturated rings. The zero-order valence-corrected chi connectivity index (χ0v) is 12.7. The van der Waals surface area contributed by atoms with Crippen molar-refractivity contribution in [3.63, 3.8) is 0 Å². The third kappa shape index (κ3) is 3.48. The number of thioether (sulfide) groups is 1. The first-order valence-corrected chi connectivity index (χ1v) is 8.49. The van der Waals surface area contributed by atoms with Crippen LogP contribution in [0.25, 0.3) is 0 Å². The van der Waals surface area contributed by atoms with Crippen LogP contribution in [0, 0.1) is 5.41 Å². The number of rotatable bonds is 5. The summed E-state index contributed by atoms with van der Waals surface area (Å²) in [4.78, 5) is 8.97. The maximum atomic E-state index is 4.69. The molecule has 0 saturated heterocycles. The first-order chi connectivity index (χ1) is 8.78. The van der Waals surface area contributed by atoms with Gasteiger partial charge in [0.2, 0.25) is 0 Å². The lowest BCUT2D eigenvalue weighted by molar-refractivity contribution is 0.318. The average Bonchev–Trinajstić information content (AvgIpc) is 2.93. The molecule has 0 saturated carbocycles. The zero-order chi connectivity index (χ0) is 12.8. The van der Waals surface area contributed by atoms with E-state index in [2.05, 4.69) is 29.5 Å². The molecule has 2 rings (SSSR count). The first kappa shape index (κ1) is 13.9. The van der Waals surface area contributed by atoms with E-state index in [0.717, 1.165) is 24.7 Å². The van der Waals surface area contributed by atoms with Crippen molar-refractivity contribution in [1.29, 1.82) is 0 Å². The maximum absolute atomic E-state index is 4.69. The third-order valence-corrected chi connectivity index (χ3v) is 5.65. The van der Waals surface area contributed by atoms with E-state index >= 15 is 0 Å². The number of aromatic nitrogens is 1. The fourth-order valence-electron chi connectivity index (χ4n) is 2.00. The summed E-state index contributed by atoms with van der Waals surface area (Å²) in [6.07, 6.45) is 3.44. The van der Waals surface area contributed by atoms with Crippen molar-refractivity contribution in [3.8, 4) is 0 Å². The number of hydrogen-bond acceptors (Lipinski definition) is 5. The van der Waals surface area contributed by atoms with Gasteiger partial charge in [0.15, 0.2) is 5.17 Å². The molecule has 0 unspecified atom stereocenters. The second-order valence-electron chi connectivity index (χ2n) is 4.77. The lowest BCUT2D eigenvalue weighted by Gasteiger charge is -2.33. The number of thiazole rings is 1. The van der Waals surface area contributed by atoms with Crippen LogP contribution >= 0.6 is 23.1 Å². The van der Waals surface area contributed by atoms with E-state index in [0.29, 0.717) is 5.41 Å². The van der Waals surface area contributed by atoms with Gasteiger partial charge in [0.05, 0.1) is 11.2 Å². The SMILES string of the molecule is CCC1(CC)CN=C(NCCc2cscn2)SC1. The molecule has 3 nitrogen and oxygen atoms in total. The molecule has 0 atom stereocenters. The van der Waals surface area contributed by atoms with Crippen LogP contribution in [-0.4, -0.2) is 29.0 Å². The Morgan fingerprint density at radius 2 is 2.22 bits per heavy atom. The van der Waals surface area contributed by atoms with E-state index in [1.165, 1.54) is 24.3 Å². The summed E-state index contributed by atoms with van der Waals surface area (Å²) in [6, 6.07) is 0. The van der Waals surface area contributed by atoms with E-state index in [1.54, 1.807) is 11.3 Å². The Hall–Kier alpha value is -0.550. The molecule has 0 radical (unpaired) electrons. The fourth-order valence-corrected chi connectivity index (χ4v) is 3.89. The average molecular weight is 283 g/mol. The van der Waals surface area contributed by atoms with Gasteiger partial charge in [0.25, 0.3) is 0 Å². The maximum Gasteiger partial charge on any atom is 0.156 e. The van der Waals surface area contributed by atoms with E-state index in [4.69, 9.17) is 4.99 Å². The minimum atomic E-state index is 0.435. The molecule has 1 N–H and O–H groups in total. The minimum absolute atomic E-state index is 0.435. The highest BCUT2D eigenvalue weighted by Gasteiger charge is 2.29. The molecule has 1 aliphatic rings. The Bertz CT molecular complexity index is 383. The van der Waals surface area contributed by atoms with Gasteiger partial charge >= 0.3 is 0 Å². The summed E-state index contributed by atoms with van der Waals surface area (Å²) < 4.78 is 0. The number of nitrogens with zero attached hydrogens (tertiary/aromatic N) is 2. The summed E-state index contributed by atoms with van der Waals surface area (Å²) in [5.74, 6) is 1.20. The van der Waals surface area contributed by atoms with Crippen molar-refractivity contribution in [2.45, 2.75) is 33.1 Å². The van der Waals surface area contributed by atoms with E-state index < -0.39 is 0 Å². The molecule has 1 aromatic heterocycles. The molecular formula is C13H21N3S2. The largest absolute Gasteiger partial charge is 0.365 e. The molecule has 1 aliphatic heterocycles. The second kappa shape index (κ2) is 6.57. The highest BCUT2D eigenvalue weighted by molar-refractivity contribution is 8.13. The number of amidine groups is 1. The Labute approximate surface area is 118 Å². The lowest BCUT2D eigenvalue weighted by Crippen LogP contribution is -2.35. The lowest BCUT2D eigenvalue weighted by atomic mass is 9.84.